The third-order valence-electron chi connectivity index (χ3n) is 3.13. The fraction of sp³-hybridized carbons (Fsp3) is 0.500. The van der Waals surface area contributed by atoms with Gasteiger partial charge in [-0.2, -0.15) is 5.10 Å². The lowest BCUT2D eigenvalue weighted by atomic mass is 10.1. The van der Waals surface area contributed by atoms with Crippen LogP contribution in [-0.4, -0.2) is 30.0 Å². The fourth-order valence-corrected chi connectivity index (χ4v) is 4.07. The quantitative estimate of drug-likeness (QED) is 0.576. The molecule has 2 rings (SSSR count). The molecule has 4 nitrogen and oxygen atoms in total. The van der Waals surface area contributed by atoms with Gasteiger partial charge in [0.05, 0.1) is 38.4 Å². The Kier molecular flexibility index (Phi) is 7.14. The zero-order valence-electron chi connectivity index (χ0n) is 12.1. The molecule has 0 saturated heterocycles. The van der Waals surface area contributed by atoms with Gasteiger partial charge in [0.15, 0.2) is 0 Å². The van der Waals surface area contributed by atoms with Crippen molar-refractivity contribution in [2.45, 2.75) is 25.9 Å². The van der Waals surface area contributed by atoms with Gasteiger partial charge in [0.1, 0.15) is 0 Å². The summed E-state index contributed by atoms with van der Waals surface area (Å²) in [5.41, 5.74) is 2.45. The van der Waals surface area contributed by atoms with Crippen LogP contribution in [0, 0.1) is 2.88 Å². The first-order valence-corrected chi connectivity index (χ1v) is 9.60. The van der Waals surface area contributed by atoms with E-state index in [1.807, 2.05) is 10.9 Å². The maximum Gasteiger partial charge on any atom is 0.0768 e. The number of methoxy groups -OCH3 is 1. The number of nitrogens with zero attached hydrogens (tertiary/aromatic N) is 2. The molecule has 2 aromatic rings. The van der Waals surface area contributed by atoms with Crippen LogP contribution in [0.3, 0.4) is 0 Å². The molecular weight excluding hydrogens is 465 g/mol. The minimum atomic E-state index is 0.151. The number of thiophene rings is 1. The molecule has 1 unspecified atom stereocenters. The smallest absolute Gasteiger partial charge is 0.0768 e. The van der Waals surface area contributed by atoms with Crippen molar-refractivity contribution in [2.75, 3.05) is 20.3 Å². The highest BCUT2D eigenvalue weighted by Gasteiger charge is 2.22. The van der Waals surface area contributed by atoms with Crippen molar-refractivity contribution < 1.29 is 4.74 Å². The molecule has 116 valence electrons. The predicted octanol–water partition coefficient (Wildman–Crippen LogP) is 4.05. The van der Waals surface area contributed by atoms with Crippen molar-refractivity contribution in [3.8, 4) is 0 Å². The summed E-state index contributed by atoms with van der Waals surface area (Å²) in [6.07, 6.45) is 2.96. The van der Waals surface area contributed by atoms with Gasteiger partial charge in [-0.05, 0) is 68.5 Å². The van der Waals surface area contributed by atoms with Crippen LogP contribution in [0.1, 0.15) is 30.6 Å². The van der Waals surface area contributed by atoms with Crippen molar-refractivity contribution in [1.29, 1.82) is 0 Å². The van der Waals surface area contributed by atoms with Gasteiger partial charge < -0.3 is 10.1 Å². The van der Waals surface area contributed by atoms with E-state index < -0.39 is 0 Å². The molecular formula is C14H19BrIN3OS. The molecule has 0 aliphatic heterocycles. The van der Waals surface area contributed by atoms with Gasteiger partial charge >= 0.3 is 0 Å². The normalized spacial score (nSPS) is 12.8. The average molecular weight is 484 g/mol. The van der Waals surface area contributed by atoms with Crippen LogP contribution in [0.4, 0.5) is 0 Å². The lowest BCUT2D eigenvalue weighted by Gasteiger charge is -2.20. The second kappa shape index (κ2) is 8.61. The van der Waals surface area contributed by atoms with E-state index in [0.29, 0.717) is 6.61 Å². The largest absolute Gasteiger partial charge is 0.383 e. The molecule has 0 saturated carbocycles. The number of hydrogen-bond acceptors (Lipinski definition) is 4. The Morgan fingerprint density at radius 2 is 2.38 bits per heavy atom. The predicted molar refractivity (Wildman–Crippen MR) is 99.0 cm³/mol. The van der Waals surface area contributed by atoms with Gasteiger partial charge in [0.25, 0.3) is 0 Å². The Bertz CT molecular complexity index is 572. The van der Waals surface area contributed by atoms with Crippen LogP contribution < -0.4 is 5.32 Å². The van der Waals surface area contributed by atoms with E-state index >= 15 is 0 Å². The molecule has 2 heterocycles. The van der Waals surface area contributed by atoms with Gasteiger partial charge in [0.2, 0.25) is 0 Å². The molecule has 0 aliphatic rings. The minimum Gasteiger partial charge on any atom is -0.383 e. The van der Waals surface area contributed by atoms with Crippen molar-refractivity contribution in [1.82, 2.24) is 15.1 Å². The van der Waals surface area contributed by atoms with Gasteiger partial charge in [-0.15, -0.1) is 11.3 Å². The first-order chi connectivity index (χ1) is 10.2. The van der Waals surface area contributed by atoms with E-state index in [4.69, 9.17) is 4.74 Å². The minimum absolute atomic E-state index is 0.151. The first-order valence-electron chi connectivity index (χ1n) is 6.84. The Morgan fingerprint density at radius 3 is 3.00 bits per heavy atom. The molecule has 0 amide bonds. The number of aromatic nitrogens is 2. The van der Waals surface area contributed by atoms with Crippen LogP contribution in [-0.2, 0) is 11.3 Å². The molecule has 2 aromatic heterocycles. The lowest BCUT2D eigenvalue weighted by molar-refractivity contribution is 0.182. The van der Waals surface area contributed by atoms with E-state index in [-0.39, 0.29) is 6.04 Å². The van der Waals surface area contributed by atoms with Crippen molar-refractivity contribution >= 4 is 49.9 Å². The van der Waals surface area contributed by atoms with Gasteiger partial charge in [-0.1, -0.05) is 6.92 Å². The highest BCUT2D eigenvalue weighted by molar-refractivity contribution is 14.1. The Labute approximate surface area is 151 Å². The average Bonchev–Trinajstić information content (AvgIpc) is 3.05. The number of rotatable bonds is 8. The third kappa shape index (κ3) is 4.51. The molecule has 7 heteroatoms. The summed E-state index contributed by atoms with van der Waals surface area (Å²) in [6.45, 7) is 4.56. The summed E-state index contributed by atoms with van der Waals surface area (Å²) < 4.78 is 9.54. The molecule has 0 bridgehead atoms. The van der Waals surface area contributed by atoms with Crippen LogP contribution in [0.5, 0.6) is 0 Å². The van der Waals surface area contributed by atoms with Gasteiger partial charge in [0, 0.05) is 7.11 Å². The summed E-state index contributed by atoms with van der Waals surface area (Å²) in [5, 5.41) is 10.3. The second-order valence-electron chi connectivity index (χ2n) is 4.66. The maximum atomic E-state index is 5.19. The van der Waals surface area contributed by atoms with E-state index in [1.54, 1.807) is 18.4 Å². The van der Waals surface area contributed by atoms with Crippen LogP contribution in [0.25, 0.3) is 0 Å². The monoisotopic (exact) mass is 483 g/mol. The Morgan fingerprint density at radius 1 is 1.57 bits per heavy atom. The summed E-state index contributed by atoms with van der Waals surface area (Å²) in [6, 6.07) is 2.39. The molecule has 0 aromatic carbocycles. The van der Waals surface area contributed by atoms with Crippen LogP contribution in [0.15, 0.2) is 22.1 Å². The number of ether oxygens (including phenoxy) is 1. The van der Waals surface area contributed by atoms with Crippen molar-refractivity contribution in [2.24, 2.45) is 0 Å². The number of hydrogen-bond donors (Lipinski definition) is 1. The highest BCUT2D eigenvalue weighted by atomic mass is 127. The molecule has 0 spiro atoms. The second-order valence-corrected chi connectivity index (χ2v) is 8.32. The maximum absolute atomic E-state index is 5.19. The van der Waals surface area contributed by atoms with E-state index in [9.17, 15) is 0 Å². The summed E-state index contributed by atoms with van der Waals surface area (Å²) in [7, 11) is 1.71. The first kappa shape index (κ1) is 17.4. The topological polar surface area (TPSA) is 39.1 Å². The molecule has 0 fully saturated rings. The molecule has 0 radical (unpaired) electrons. The molecule has 0 aliphatic carbocycles. The van der Waals surface area contributed by atoms with Crippen LogP contribution in [0.2, 0.25) is 0 Å². The number of nitrogens with one attached hydrogen (secondary N) is 1. The van der Waals surface area contributed by atoms with E-state index in [2.05, 4.69) is 67.3 Å². The standard InChI is InChI=1S/C14H19BrIN3OS/c1-3-4-17-13(10-7-12(16)21-9-10)14-11(15)8-18-19(14)5-6-20-2/h7-9,13,17H,3-6H2,1-2H3. The van der Waals surface area contributed by atoms with E-state index in [0.717, 1.165) is 29.7 Å². The SMILES string of the molecule is CCCNC(c1csc(I)c1)c1c(Br)cnn1CCOC. The fourth-order valence-electron chi connectivity index (χ4n) is 2.15. The summed E-state index contributed by atoms with van der Waals surface area (Å²) in [4.78, 5) is 0. The Balaban J connectivity index is 2.33. The summed E-state index contributed by atoms with van der Waals surface area (Å²) in [5.74, 6) is 0. The third-order valence-corrected chi connectivity index (χ3v) is 5.55. The highest BCUT2D eigenvalue weighted by Crippen LogP contribution is 2.31. The summed E-state index contributed by atoms with van der Waals surface area (Å²) >= 11 is 7.78. The van der Waals surface area contributed by atoms with Gasteiger partial charge in [-0.25, -0.2) is 0 Å². The molecule has 1 atom stereocenters. The lowest BCUT2D eigenvalue weighted by Crippen LogP contribution is -2.26. The molecule has 1 N–H and O–H groups in total. The van der Waals surface area contributed by atoms with Crippen molar-refractivity contribution in [3.63, 3.8) is 0 Å². The zero-order valence-corrected chi connectivity index (χ0v) is 16.7. The van der Waals surface area contributed by atoms with E-state index in [1.165, 1.54) is 8.45 Å². The van der Waals surface area contributed by atoms with Gasteiger partial charge in [-0.3, -0.25) is 4.68 Å². The Hall–Kier alpha value is 0.0400. The zero-order chi connectivity index (χ0) is 15.2. The molecule has 21 heavy (non-hydrogen) atoms. The van der Waals surface area contributed by atoms with Crippen LogP contribution >= 0.6 is 49.9 Å². The number of halogens is 2. The van der Waals surface area contributed by atoms with Crippen molar-refractivity contribution in [3.05, 3.63) is 36.3 Å².